The molecule has 1 N–H and O–H groups in total. The Kier molecular flexibility index (Phi) is 4.95. The fraction of sp³-hybridized carbons (Fsp3) is 0.0870. The van der Waals surface area contributed by atoms with Gasteiger partial charge >= 0.3 is 0 Å². The van der Waals surface area contributed by atoms with Gasteiger partial charge in [-0.2, -0.15) is 5.10 Å². The maximum Gasteiger partial charge on any atom is 0.128 e. The van der Waals surface area contributed by atoms with Crippen molar-refractivity contribution in [2.75, 3.05) is 0 Å². The van der Waals surface area contributed by atoms with Crippen molar-refractivity contribution < 1.29 is 4.74 Å². The Morgan fingerprint density at radius 3 is 2.67 bits per heavy atom. The zero-order valence-electron chi connectivity index (χ0n) is 14.9. The summed E-state index contributed by atoms with van der Waals surface area (Å²) in [5.74, 6) is 1.52. The van der Waals surface area contributed by atoms with Crippen LogP contribution in [0.2, 0.25) is 5.02 Å². The molecule has 0 amide bonds. The van der Waals surface area contributed by atoms with E-state index in [4.69, 9.17) is 16.3 Å². The van der Waals surface area contributed by atoms with Gasteiger partial charge in [0, 0.05) is 11.5 Å². The number of hydrogen-bond acceptors (Lipinski definition) is 2. The smallest absolute Gasteiger partial charge is 0.128 e. The number of aromatic nitrogens is 2. The lowest BCUT2D eigenvalue weighted by Crippen LogP contribution is -1.89. The van der Waals surface area contributed by atoms with Crippen molar-refractivity contribution in [3.8, 4) is 11.5 Å². The number of halogens is 1. The average molecular weight is 375 g/mol. The van der Waals surface area contributed by atoms with Gasteiger partial charge in [-0.05, 0) is 59.5 Å². The van der Waals surface area contributed by atoms with Crippen molar-refractivity contribution in [1.82, 2.24) is 10.2 Å². The van der Waals surface area contributed by atoms with Gasteiger partial charge in [0.2, 0.25) is 0 Å². The second-order valence-electron chi connectivity index (χ2n) is 6.30. The fourth-order valence-electron chi connectivity index (χ4n) is 3.07. The first-order valence-corrected chi connectivity index (χ1v) is 9.27. The molecule has 0 saturated heterocycles. The zero-order chi connectivity index (χ0) is 18.6. The lowest BCUT2D eigenvalue weighted by molar-refractivity contribution is 0.482. The van der Waals surface area contributed by atoms with Gasteiger partial charge in [0.15, 0.2) is 0 Å². The molecular formula is C23H19ClN2O. The van der Waals surface area contributed by atoms with Crippen LogP contribution in [0.5, 0.6) is 11.5 Å². The maximum absolute atomic E-state index is 6.58. The Bertz CT molecular complexity index is 1100. The van der Waals surface area contributed by atoms with Crippen LogP contribution in [0, 0.1) is 0 Å². The van der Waals surface area contributed by atoms with Crippen molar-refractivity contribution in [1.29, 1.82) is 0 Å². The molecule has 3 aromatic carbocycles. The molecule has 0 aliphatic rings. The maximum atomic E-state index is 6.58. The summed E-state index contributed by atoms with van der Waals surface area (Å²) in [6, 6.07) is 21.8. The summed E-state index contributed by atoms with van der Waals surface area (Å²) in [6.45, 7) is 2.13. The Morgan fingerprint density at radius 1 is 1.04 bits per heavy atom. The van der Waals surface area contributed by atoms with Crippen molar-refractivity contribution in [2.24, 2.45) is 0 Å². The predicted octanol–water partition coefficient (Wildman–Crippen LogP) is 6.96. The number of ether oxygens (including phenoxy) is 1. The number of aromatic amines is 1. The lowest BCUT2D eigenvalue weighted by atomic mass is 10.00. The second-order valence-corrected chi connectivity index (χ2v) is 6.70. The van der Waals surface area contributed by atoms with E-state index in [2.05, 4.69) is 35.3 Å². The fourth-order valence-corrected chi connectivity index (χ4v) is 3.36. The van der Waals surface area contributed by atoms with Crippen LogP contribution < -0.4 is 4.74 Å². The van der Waals surface area contributed by atoms with Crippen LogP contribution in [0.25, 0.3) is 22.6 Å². The first-order valence-electron chi connectivity index (χ1n) is 8.89. The van der Waals surface area contributed by atoms with Gasteiger partial charge in [-0.1, -0.05) is 48.9 Å². The minimum atomic E-state index is 0.681. The van der Waals surface area contributed by atoms with Crippen molar-refractivity contribution in [2.45, 2.75) is 13.3 Å². The summed E-state index contributed by atoms with van der Waals surface area (Å²) < 4.78 is 5.87. The van der Waals surface area contributed by atoms with Crippen LogP contribution in [0.15, 0.2) is 72.9 Å². The van der Waals surface area contributed by atoms with Gasteiger partial charge in [-0.3, -0.25) is 5.10 Å². The van der Waals surface area contributed by atoms with E-state index in [9.17, 15) is 0 Å². The van der Waals surface area contributed by atoms with Crippen LogP contribution in [0.1, 0.15) is 24.5 Å². The van der Waals surface area contributed by atoms with E-state index >= 15 is 0 Å². The molecule has 4 heteroatoms. The monoisotopic (exact) mass is 374 g/mol. The molecule has 4 aromatic rings. The second kappa shape index (κ2) is 7.68. The first kappa shape index (κ1) is 17.4. The predicted molar refractivity (Wildman–Crippen MR) is 112 cm³/mol. The number of nitrogens with one attached hydrogen (secondary N) is 1. The van der Waals surface area contributed by atoms with Gasteiger partial charge < -0.3 is 4.74 Å². The number of hydrogen-bond donors (Lipinski definition) is 1. The summed E-state index contributed by atoms with van der Waals surface area (Å²) in [5, 5.41) is 8.83. The Labute approximate surface area is 163 Å². The molecule has 27 heavy (non-hydrogen) atoms. The molecule has 0 aliphatic heterocycles. The number of nitrogens with zero attached hydrogens (tertiary/aromatic N) is 1. The van der Waals surface area contributed by atoms with Crippen LogP contribution in [0.3, 0.4) is 0 Å². The zero-order valence-corrected chi connectivity index (χ0v) is 15.7. The van der Waals surface area contributed by atoms with E-state index in [1.54, 1.807) is 0 Å². The number of H-pyrrole nitrogens is 1. The van der Waals surface area contributed by atoms with E-state index in [0.717, 1.165) is 39.9 Å². The van der Waals surface area contributed by atoms with E-state index in [-0.39, 0.29) is 0 Å². The summed E-state index contributed by atoms with van der Waals surface area (Å²) in [4.78, 5) is 0. The molecule has 0 aliphatic carbocycles. The third-order valence-corrected chi connectivity index (χ3v) is 4.76. The average Bonchev–Trinajstić information content (AvgIpc) is 3.15. The molecule has 4 rings (SSSR count). The van der Waals surface area contributed by atoms with Gasteiger partial charge in [-0.25, -0.2) is 0 Å². The molecule has 3 nitrogen and oxygen atoms in total. The van der Waals surface area contributed by atoms with E-state index in [1.807, 2.05) is 60.8 Å². The minimum absolute atomic E-state index is 0.681. The van der Waals surface area contributed by atoms with Crippen molar-refractivity contribution in [3.05, 3.63) is 89.1 Å². The Morgan fingerprint density at radius 2 is 1.89 bits per heavy atom. The molecule has 0 radical (unpaired) electrons. The molecule has 0 saturated carbocycles. The minimum Gasteiger partial charge on any atom is -0.457 e. The molecule has 0 bridgehead atoms. The molecule has 1 heterocycles. The van der Waals surface area contributed by atoms with Crippen LogP contribution in [-0.4, -0.2) is 10.2 Å². The third-order valence-electron chi connectivity index (χ3n) is 4.45. The van der Waals surface area contributed by atoms with Gasteiger partial charge in [0.05, 0.1) is 16.7 Å². The van der Waals surface area contributed by atoms with Crippen molar-refractivity contribution >= 4 is 34.2 Å². The quantitative estimate of drug-likeness (QED) is 0.383. The lowest BCUT2D eigenvalue weighted by Gasteiger charge is -2.11. The summed E-state index contributed by atoms with van der Waals surface area (Å²) in [6.07, 6.45) is 4.88. The van der Waals surface area contributed by atoms with Gasteiger partial charge in [0.1, 0.15) is 11.5 Å². The largest absolute Gasteiger partial charge is 0.457 e. The van der Waals surface area contributed by atoms with Crippen LogP contribution in [-0.2, 0) is 0 Å². The summed E-state index contributed by atoms with van der Waals surface area (Å²) in [7, 11) is 0. The standard InChI is InChI=1S/C23H19ClN2O/c1-2-17(12-16-8-11-23-18(13-16)15-25-26-23)21-10-9-20(14-22(21)24)27-19-6-4-3-5-7-19/h3-15H,2H2,1H3,(H,25,26)/b17-12+. The van der Waals surface area contributed by atoms with E-state index in [1.165, 1.54) is 5.57 Å². The molecular weight excluding hydrogens is 356 g/mol. The number of fused-ring (bicyclic) bond motifs is 1. The normalized spacial score (nSPS) is 11.7. The summed E-state index contributed by atoms with van der Waals surface area (Å²) >= 11 is 6.58. The topological polar surface area (TPSA) is 37.9 Å². The van der Waals surface area contributed by atoms with E-state index in [0.29, 0.717) is 5.02 Å². The molecule has 134 valence electrons. The molecule has 0 atom stereocenters. The third kappa shape index (κ3) is 3.88. The van der Waals surface area contributed by atoms with E-state index < -0.39 is 0 Å². The highest BCUT2D eigenvalue weighted by Gasteiger charge is 2.08. The SMILES string of the molecule is CC/C(=C\c1ccc2[nH]ncc2c1)c1ccc(Oc2ccccc2)cc1Cl. The molecule has 0 spiro atoms. The highest BCUT2D eigenvalue weighted by atomic mass is 35.5. The highest BCUT2D eigenvalue weighted by Crippen LogP contribution is 2.33. The Hall–Kier alpha value is -3.04. The van der Waals surface area contributed by atoms with Crippen LogP contribution >= 0.6 is 11.6 Å². The number of para-hydroxylation sites is 1. The van der Waals surface area contributed by atoms with Gasteiger partial charge in [-0.15, -0.1) is 0 Å². The molecule has 0 unspecified atom stereocenters. The number of benzene rings is 3. The molecule has 1 aromatic heterocycles. The first-order chi connectivity index (χ1) is 13.2. The van der Waals surface area contributed by atoms with Crippen LogP contribution in [0.4, 0.5) is 0 Å². The van der Waals surface area contributed by atoms with Crippen molar-refractivity contribution in [3.63, 3.8) is 0 Å². The number of allylic oxidation sites excluding steroid dienone is 1. The summed E-state index contributed by atoms with van der Waals surface area (Å²) in [5.41, 5.74) is 4.35. The molecule has 0 fully saturated rings. The number of rotatable bonds is 5. The Balaban J connectivity index is 1.63. The highest BCUT2D eigenvalue weighted by molar-refractivity contribution is 6.32. The van der Waals surface area contributed by atoms with Gasteiger partial charge in [0.25, 0.3) is 0 Å².